The fraction of sp³-hybridized carbons (Fsp3) is 0.235. The van der Waals surface area contributed by atoms with Crippen LogP contribution in [0.3, 0.4) is 0 Å². The number of methoxy groups -OCH3 is 1. The summed E-state index contributed by atoms with van der Waals surface area (Å²) in [6.45, 7) is 0.482. The van der Waals surface area contributed by atoms with Gasteiger partial charge in [0.2, 0.25) is 0 Å². The van der Waals surface area contributed by atoms with Gasteiger partial charge in [-0.15, -0.1) is 0 Å². The molecular formula is C17H17FN2O4S. The molecule has 0 aliphatic carbocycles. The Morgan fingerprint density at radius 3 is 2.80 bits per heavy atom. The van der Waals surface area contributed by atoms with Crippen LogP contribution >= 0.6 is 0 Å². The summed E-state index contributed by atoms with van der Waals surface area (Å²) in [6.07, 6.45) is 0.696. The van der Waals surface area contributed by atoms with Crippen LogP contribution in [0.1, 0.15) is 5.56 Å². The van der Waals surface area contributed by atoms with E-state index in [1.54, 1.807) is 23.1 Å². The number of nitrogens with one attached hydrogen (secondary N) is 1. The minimum absolute atomic E-state index is 0.0430. The molecule has 8 heteroatoms. The average Bonchev–Trinajstić information content (AvgIpc) is 2.98. The molecule has 2 aromatic carbocycles. The molecule has 25 heavy (non-hydrogen) atoms. The van der Waals surface area contributed by atoms with Gasteiger partial charge in [-0.25, -0.2) is 12.8 Å². The van der Waals surface area contributed by atoms with E-state index in [9.17, 15) is 17.6 Å². The quantitative estimate of drug-likeness (QED) is 0.882. The first kappa shape index (κ1) is 17.4. The SMILES string of the molecule is COCC(=O)N1CCc2ccc(NS(=O)(=O)c3cccc(F)c3)cc21. The molecule has 0 aromatic heterocycles. The van der Waals surface area contributed by atoms with Gasteiger partial charge in [-0.1, -0.05) is 12.1 Å². The molecule has 1 aliphatic heterocycles. The van der Waals surface area contributed by atoms with Gasteiger partial charge in [0, 0.05) is 19.3 Å². The Hall–Kier alpha value is -2.45. The first-order chi connectivity index (χ1) is 11.9. The van der Waals surface area contributed by atoms with Gasteiger partial charge >= 0.3 is 0 Å². The zero-order valence-electron chi connectivity index (χ0n) is 13.5. The zero-order valence-corrected chi connectivity index (χ0v) is 14.3. The van der Waals surface area contributed by atoms with Crippen molar-refractivity contribution in [1.82, 2.24) is 0 Å². The fourth-order valence-corrected chi connectivity index (χ4v) is 3.83. The molecule has 3 rings (SSSR count). The van der Waals surface area contributed by atoms with Gasteiger partial charge in [-0.3, -0.25) is 9.52 Å². The number of fused-ring (bicyclic) bond motifs is 1. The van der Waals surface area contributed by atoms with Gasteiger partial charge in [-0.05, 0) is 42.3 Å². The van der Waals surface area contributed by atoms with Crippen molar-refractivity contribution in [3.05, 3.63) is 53.8 Å². The topological polar surface area (TPSA) is 75.7 Å². The number of carbonyl (C=O) groups is 1. The number of nitrogens with zero attached hydrogens (tertiary/aromatic N) is 1. The molecule has 0 atom stereocenters. The van der Waals surface area contributed by atoms with E-state index in [2.05, 4.69) is 4.72 Å². The van der Waals surface area contributed by atoms with E-state index < -0.39 is 15.8 Å². The monoisotopic (exact) mass is 364 g/mol. The average molecular weight is 364 g/mol. The minimum atomic E-state index is -3.92. The first-order valence-electron chi connectivity index (χ1n) is 7.61. The lowest BCUT2D eigenvalue weighted by Crippen LogP contribution is -2.32. The summed E-state index contributed by atoms with van der Waals surface area (Å²) in [6, 6.07) is 9.77. The van der Waals surface area contributed by atoms with Crippen molar-refractivity contribution < 1.29 is 22.3 Å². The number of ether oxygens (including phenoxy) is 1. The number of benzene rings is 2. The second-order valence-corrected chi connectivity index (χ2v) is 7.32. The molecule has 1 heterocycles. The van der Waals surface area contributed by atoms with Crippen molar-refractivity contribution >= 4 is 27.3 Å². The molecule has 0 saturated heterocycles. The maximum atomic E-state index is 13.3. The van der Waals surface area contributed by atoms with E-state index in [-0.39, 0.29) is 17.4 Å². The lowest BCUT2D eigenvalue weighted by Gasteiger charge is -2.18. The summed E-state index contributed by atoms with van der Waals surface area (Å²) in [5.74, 6) is -0.820. The number of amides is 1. The smallest absolute Gasteiger partial charge is 0.261 e. The Morgan fingerprint density at radius 1 is 1.28 bits per heavy atom. The number of hydrogen-bond acceptors (Lipinski definition) is 4. The Labute approximate surface area is 145 Å². The highest BCUT2D eigenvalue weighted by Crippen LogP contribution is 2.31. The largest absolute Gasteiger partial charge is 0.375 e. The molecule has 0 saturated carbocycles. The molecule has 6 nitrogen and oxygen atoms in total. The van der Waals surface area contributed by atoms with Gasteiger partial charge in [0.1, 0.15) is 12.4 Å². The number of halogens is 1. The summed E-state index contributed by atoms with van der Waals surface area (Å²) < 4.78 is 45.4. The van der Waals surface area contributed by atoms with Crippen molar-refractivity contribution in [3.63, 3.8) is 0 Å². The number of rotatable bonds is 5. The fourth-order valence-electron chi connectivity index (χ4n) is 2.75. The second kappa shape index (κ2) is 6.81. The standard InChI is InChI=1S/C17H17FN2O4S/c1-24-11-17(21)20-8-7-12-5-6-14(10-16(12)20)19-25(22,23)15-4-2-3-13(18)9-15/h2-6,9-10,19H,7-8,11H2,1H3. The van der Waals surface area contributed by atoms with Gasteiger partial charge < -0.3 is 9.64 Å². The molecule has 1 aliphatic rings. The van der Waals surface area contributed by atoms with Crippen LogP contribution in [-0.2, 0) is 26.0 Å². The van der Waals surface area contributed by atoms with Crippen molar-refractivity contribution in [1.29, 1.82) is 0 Å². The third-order valence-corrected chi connectivity index (χ3v) is 5.29. The summed E-state index contributed by atoms with van der Waals surface area (Å²) in [5.41, 5.74) is 1.92. The van der Waals surface area contributed by atoms with Crippen LogP contribution in [0, 0.1) is 5.82 Å². The third kappa shape index (κ3) is 3.64. The van der Waals surface area contributed by atoms with Crippen LogP contribution in [0.5, 0.6) is 0 Å². The van der Waals surface area contributed by atoms with Crippen molar-refractivity contribution in [2.45, 2.75) is 11.3 Å². The summed E-state index contributed by atoms with van der Waals surface area (Å²) in [5, 5.41) is 0. The Kier molecular flexibility index (Phi) is 4.73. The summed E-state index contributed by atoms with van der Waals surface area (Å²) in [7, 11) is -2.48. The predicted molar refractivity (Wildman–Crippen MR) is 91.6 cm³/mol. The number of anilines is 2. The van der Waals surface area contributed by atoms with Gasteiger partial charge in [0.15, 0.2) is 0 Å². The highest BCUT2D eigenvalue weighted by Gasteiger charge is 2.25. The maximum absolute atomic E-state index is 13.3. The van der Waals surface area contributed by atoms with Crippen molar-refractivity contribution in [2.24, 2.45) is 0 Å². The van der Waals surface area contributed by atoms with E-state index in [1.165, 1.54) is 25.3 Å². The summed E-state index contributed by atoms with van der Waals surface area (Å²) in [4.78, 5) is 13.5. The maximum Gasteiger partial charge on any atom is 0.261 e. The minimum Gasteiger partial charge on any atom is -0.375 e. The van der Waals surface area contributed by atoms with E-state index in [4.69, 9.17) is 4.74 Å². The Morgan fingerprint density at radius 2 is 2.08 bits per heavy atom. The van der Waals surface area contributed by atoms with Gasteiger partial charge in [0.25, 0.3) is 15.9 Å². The summed E-state index contributed by atoms with van der Waals surface area (Å²) >= 11 is 0. The normalized spacial score (nSPS) is 13.6. The van der Waals surface area contributed by atoms with Crippen LogP contribution in [0.15, 0.2) is 47.4 Å². The number of carbonyl (C=O) groups excluding carboxylic acids is 1. The van der Waals surface area contributed by atoms with Gasteiger partial charge in [0.05, 0.1) is 10.6 Å². The second-order valence-electron chi connectivity index (χ2n) is 5.63. The molecule has 132 valence electrons. The predicted octanol–water partition coefficient (Wildman–Crippen LogP) is 2.16. The van der Waals surface area contributed by atoms with Crippen molar-refractivity contribution in [3.8, 4) is 0 Å². The molecule has 1 N–H and O–H groups in total. The number of hydrogen-bond donors (Lipinski definition) is 1. The van der Waals surface area contributed by atoms with Gasteiger partial charge in [-0.2, -0.15) is 0 Å². The highest BCUT2D eigenvalue weighted by atomic mass is 32.2. The van der Waals surface area contributed by atoms with Crippen LogP contribution in [0.4, 0.5) is 15.8 Å². The molecule has 0 fully saturated rings. The highest BCUT2D eigenvalue weighted by molar-refractivity contribution is 7.92. The lowest BCUT2D eigenvalue weighted by atomic mass is 10.1. The van der Waals surface area contributed by atoms with Crippen LogP contribution in [0.25, 0.3) is 0 Å². The van der Waals surface area contributed by atoms with E-state index >= 15 is 0 Å². The Balaban J connectivity index is 1.88. The van der Waals surface area contributed by atoms with E-state index in [0.29, 0.717) is 24.3 Å². The first-order valence-corrected chi connectivity index (χ1v) is 9.09. The van der Waals surface area contributed by atoms with Crippen LogP contribution in [0.2, 0.25) is 0 Å². The Bertz CT molecular complexity index is 915. The molecule has 0 radical (unpaired) electrons. The van der Waals surface area contributed by atoms with E-state index in [0.717, 1.165) is 11.6 Å². The molecule has 0 unspecified atom stereocenters. The van der Waals surface area contributed by atoms with Crippen LogP contribution in [-0.4, -0.2) is 34.6 Å². The molecular weight excluding hydrogens is 347 g/mol. The zero-order chi connectivity index (χ0) is 18.0. The van der Waals surface area contributed by atoms with Crippen LogP contribution < -0.4 is 9.62 Å². The number of sulfonamides is 1. The third-order valence-electron chi connectivity index (χ3n) is 3.91. The molecule has 0 bridgehead atoms. The molecule has 1 amide bonds. The molecule has 0 spiro atoms. The lowest BCUT2D eigenvalue weighted by molar-refractivity contribution is -0.122. The van der Waals surface area contributed by atoms with E-state index in [1.807, 2.05) is 0 Å². The molecule has 2 aromatic rings. The van der Waals surface area contributed by atoms with Crippen molar-refractivity contribution in [2.75, 3.05) is 29.9 Å².